The van der Waals surface area contributed by atoms with Crippen LogP contribution in [-0.4, -0.2) is 10.9 Å². The smallest absolute Gasteiger partial charge is 0.268 e. The molecule has 0 saturated heterocycles. The van der Waals surface area contributed by atoms with Crippen molar-refractivity contribution in [2.45, 2.75) is 13.0 Å². The van der Waals surface area contributed by atoms with E-state index in [2.05, 4.69) is 10.3 Å². The molecule has 19 heavy (non-hydrogen) atoms. The topological polar surface area (TPSA) is 44.9 Å². The van der Waals surface area contributed by atoms with Gasteiger partial charge < -0.3 is 10.3 Å². The first-order valence-corrected chi connectivity index (χ1v) is 6.70. The maximum Gasteiger partial charge on any atom is 0.268 e. The lowest BCUT2D eigenvalue weighted by Gasteiger charge is -2.15. The molecule has 2 N–H and O–H groups in total. The predicted molar refractivity (Wildman–Crippen MR) is 78.1 cm³/mol. The van der Waals surface area contributed by atoms with E-state index in [0.717, 1.165) is 5.56 Å². The molecule has 1 atom stereocenters. The molecule has 1 aromatic heterocycles. The summed E-state index contributed by atoms with van der Waals surface area (Å²) in [7, 11) is 0. The molecular formula is C13H11Cl3N2O. The molecule has 1 aromatic carbocycles. The Bertz CT molecular complexity index is 610. The SMILES string of the molecule is CC(NC(=O)c1cc(Cl)c[nH]1)c1ccc(Cl)cc1Cl. The summed E-state index contributed by atoms with van der Waals surface area (Å²) in [5, 5.41) is 4.40. The van der Waals surface area contributed by atoms with Crippen LogP contribution in [0, 0.1) is 0 Å². The van der Waals surface area contributed by atoms with Crippen molar-refractivity contribution in [2.24, 2.45) is 0 Å². The maximum absolute atomic E-state index is 11.9. The van der Waals surface area contributed by atoms with Gasteiger partial charge in [-0.05, 0) is 30.7 Å². The minimum atomic E-state index is -0.245. The van der Waals surface area contributed by atoms with Crippen LogP contribution in [0.15, 0.2) is 30.5 Å². The number of hydrogen-bond donors (Lipinski definition) is 2. The molecule has 1 heterocycles. The van der Waals surface area contributed by atoms with Crippen LogP contribution >= 0.6 is 34.8 Å². The molecule has 100 valence electrons. The number of benzene rings is 1. The van der Waals surface area contributed by atoms with Gasteiger partial charge >= 0.3 is 0 Å². The molecule has 0 radical (unpaired) electrons. The van der Waals surface area contributed by atoms with Crippen LogP contribution in [0.1, 0.15) is 29.0 Å². The second-order valence-corrected chi connectivity index (χ2v) is 5.37. The zero-order valence-electron chi connectivity index (χ0n) is 10.0. The fourth-order valence-corrected chi connectivity index (χ4v) is 2.44. The highest BCUT2D eigenvalue weighted by atomic mass is 35.5. The summed E-state index contributed by atoms with van der Waals surface area (Å²) < 4.78 is 0. The van der Waals surface area contributed by atoms with Gasteiger partial charge in [-0.15, -0.1) is 0 Å². The van der Waals surface area contributed by atoms with E-state index in [9.17, 15) is 4.79 Å². The summed E-state index contributed by atoms with van der Waals surface area (Å²) in [6.07, 6.45) is 1.55. The Balaban J connectivity index is 2.12. The first-order chi connectivity index (χ1) is 8.97. The molecule has 0 saturated carbocycles. The average Bonchev–Trinajstić information content (AvgIpc) is 2.75. The summed E-state index contributed by atoms with van der Waals surface area (Å²) in [6, 6.07) is 6.49. The number of nitrogens with one attached hydrogen (secondary N) is 2. The maximum atomic E-state index is 11.9. The summed E-state index contributed by atoms with van der Waals surface area (Å²) in [5.41, 5.74) is 1.21. The Hall–Kier alpha value is -1.16. The largest absolute Gasteiger partial charge is 0.356 e. The minimum Gasteiger partial charge on any atom is -0.356 e. The van der Waals surface area contributed by atoms with Gasteiger partial charge in [0.25, 0.3) is 5.91 Å². The van der Waals surface area contributed by atoms with Gasteiger partial charge in [-0.1, -0.05) is 40.9 Å². The monoisotopic (exact) mass is 316 g/mol. The normalized spacial score (nSPS) is 12.2. The number of H-pyrrole nitrogens is 1. The molecule has 3 nitrogen and oxygen atoms in total. The molecule has 0 aliphatic carbocycles. The molecule has 1 unspecified atom stereocenters. The second-order valence-electron chi connectivity index (χ2n) is 4.09. The molecule has 2 rings (SSSR count). The molecule has 0 spiro atoms. The van der Waals surface area contributed by atoms with Crippen LogP contribution < -0.4 is 5.32 Å². The number of rotatable bonds is 3. The van der Waals surface area contributed by atoms with Crippen molar-refractivity contribution in [1.29, 1.82) is 0 Å². The van der Waals surface area contributed by atoms with Gasteiger partial charge in [0.1, 0.15) is 5.69 Å². The Kier molecular flexibility index (Phi) is 4.40. The van der Waals surface area contributed by atoms with Crippen LogP contribution in [-0.2, 0) is 0 Å². The fraction of sp³-hybridized carbons (Fsp3) is 0.154. The van der Waals surface area contributed by atoms with Crippen LogP contribution in [0.3, 0.4) is 0 Å². The lowest BCUT2D eigenvalue weighted by atomic mass is 10.1. The van der Waals surface area contributed by atoms with E-state index in [4.69, 9.17) is 34.8 Å². The third-order valence-corrected chi connectivity index (χ3v) is 3.45. The molecule has 0 bridgehead atoms. The van der Waals surface area contributed by atoms with Crippen molar-refractivity contribution in [2.75, 3.05) is 0 Å². The number of carbonyl (C=O) groups excluding carboxylic acids is 1. The van der Waals surface area contributed by atoms with E-state index in [1.54, 1.807) is 30.5 Å². The molecular weight excluding hydrogens is 307 g/mol. The lowest BCUT2D eigenvalue weighted by Crippen LogP contribution is -2.27. The van der Waals surface area contributed by atoms with E-state index in [1.165, 1.54) is 0 Å². The molecule has 0 fully saturated rings. The summed E-state index contributed by atoms with van der Waals surface area (Å²) in [6.45, 7) is 1.84. The van der Waals surface area contributed by atoms with Crippen molar-refractivity contribution < 1.29 is 4.79 Å². The summed E-state index contributed by atoms with van der Waals surface area (Å²) in [4.78, 5) is 14.7. The van der Waals surface area contributed by atoms with Crippen molar-refractivity contribution >= 4 is 40.7 Å². The van der Waals surface area contributed by atoms with Crippen LogP contribution in [0.2, 0.25) is 15.1 Å². The predicted octanol–water partition coefficient (Wildman–Crippen LogP) is 4.47. The van der Waals surface area contributed by atoms with Crippen molar-refractivity contribution in [3.8, 4) is 0 Å². The summed E-state index contributed by atoms with van der Waals surface area (Å²) in [5.74, 6) is -0.245. The van der Waals surface area contributed by atoms with Gasteiger partial charge in [0.2, 0.25) is 0 Å². The van der Waals surface area contributed by atoms with E-state index in [1.807, 2.05) is 6.92 Å². The Morgan fingerprint density at radius 3 is 2.53 bits per heavy atom. The fourth-order valence-electron chi connectivity index (χ4n) is 1.70. The van der Waals surface area contributed by atoms with Gasteiger partial charge in [0, 0.05) is 16.2 Å². The zero-order valence-corrected chi connectivity index (χ0v) is 12.3. The number of halogens is 3. The molecule has 0 aliphatic heterocycles. The van der Waals surface area contributed by atoms with E-state index in [-0.39, 0.29) is 11.9 Å². The van der Waals surface area contributed by atoms with Crippen molar-refractivity contribution in [3.05, 3.63) is 56.8 Å². The Labute approximate surface area is 125 Å². The van der Waals surface area contributed by atoms with E-state index >= 15 is 0 Å². The minimum absolute atomic E-state index is 0.237. The number of aromatic nitrogens is 1. The first-order valence-electron chi connectivity index (χ1n) is 5.57. The standard InChI is InChI=1S/C13H11Cl3N2O/c1-7(10-3-2-8(14)4-11(10)16)18-13(19)12-5-9(15)6-17-12/h2-7,17H,1H3,(H,18,19). The third kappa shape index (κ3) is 3.44. The van der Waals surface area contributed by atoms with Gasteiger partial charge in [-0.2, -0.15) is 0 Å². The molecule has 0 aliphatic rings. The molecule has 1 amide bonds. The average molecular weight is 318 g/mol. The Morgan fingerprint density at radius 2 is 1.95 bits per heavy atom. The van der Waals surface area contributed by atoms with Crippen LogP contribution in [0.25, 0.3) is 0 Å². The van der Waals surface area contributed by atoms with Gasteiger partial charge in [-0.3, -0.25) is 4.79 Å². The zero-order chi connectivity index (χ0) is 14.0. The number of hydrogen-bond acceptors (Lipinski definition) is 1. The second kappa shape index (κ2) is 5.87. The van der Waals surface area contributed by atoms with Crippen molar-refractivity contribution in [1.82, 2.24) is 10.3 Å². The third-order valence-electron chi connectivity index (χ3n) is 2.67. The lowest BCUT2D eigenvalue weighted by molar-refractivity contribution is 0.0935. The van der Waals surface area contributed by atoms with Gasteiger partial charge in [0.15, 0.2) is 0 Å². The molecule has 2 aromatic rings. The highest BCUT2D eigenvalue weighted by Crippen LogP contribution is 2.26. The van der Waals surface area contributed by atoms with Crippen LogP contribution in [0.5, 0.6) is 0 Å². The number of aromatic amines is 1. The van der Waals surface area contributed by atoms with Gasteiger partial charge in [-0.25, -0.2) is 0 Å². The van der Waals surface area contributed by atoms with Crippen LogP contribution in [0.4, 0.5) is 0 Å². The highest BCUT2D eigenvalue weighted by molar-refractivity contribution is 6.35. The first kappa shape index (κ1) is 14.3. The van der Waals surface area contributed by atoms with E-state index < -0.39 is 0 Å². The Morgan fingerprint density at radius 1 is 1.21 bits per heavy atom. The quantitative estimate of drug-likeness (QED) is 0.862. The number of carbonyl (C=O) groups is 1. The van der Waals surface area contributed by atoms with Crippen molar-refractivity contribution in [3.63, 3.8) is 0 Å². The van der Waals surface area contributed by atoms with Gasteiger partial charge in [0.05, 0.1) is 11.1 Å². The summed E-state index contributed by atoms with van der Waals surface area (Å²) >= 11 is 17.7. The number of amides is 1. The molecule has 6 heteroatoms. The van der Waals surface area contributed by atoms with E-state index in [0.29, 0.717) is 20.8 Å². The highest BCUT2D eigenvalue weighted by Gasteiger charge is 2.15.